The van der Waals surface area contributed by atoms with Crippen LogP contribution in [0.4, 0.5) is 0 Å². The molecule has 2 saturated carbocycles. The Morgan fingerprint density at radius 1 is 1.15 bits per heavy atom. The monoisotopic (exact) mass is 572 g/mol. The second-order valence-corrected chi connectivity index (χ2v) is 15.0. The van der Waals surface area contributed by atoms with Crippen LogP contribution >= 0.6 is 0 Å². The van der Waals surface area contributed by atoms with Gasteiger partial charge in [-0.05, 0) is 81.0 Å². The first-order valence-electron chi connectivity index (χ1n) is 15.2. The van der Waals surface area contributed by atoms with Crippen molar-refractivity contribution in [2.75, 3.05) is 13.7 Å². The molecule has 0 aromatic heterocycles. The maximum absolute atomic E-state index is 13.3. The Bertz CT molecular complexity index is 1200. The number of aliphatic hydroxyl groups is 2. The number of carbonyl (C=O) groups is 3. The summed E-state index contributed by atoms with van der Waals surface area (Å²) in [6.07, 6.45) is 6.56. The fourth-order valence-corrected chi connectivity index (χ4v) is 10.4. The molecule has 1 heterocycles. The maximum atomic E-state index is 13.3. The van der Waals surface area contributed by atoms with Crippen LogP contribution in [0.5, 0.6) is 0 Å². The number of esters is 2. The van der Waals surface area contributed by atoms with E-state index in [2.05, 4.69) is 26.8 Å². The molecule has 41 heavy (non-hydrogen) atoms. The number of ether oxygens (including phenoxy) is 3. The lowest BCUT2D eigenvalue weighted by Crippen LogP contribution is -2.64. The van der Waals surface area contributed by atoms with E-state index in [1.54, 1.807) is 13.8 Å². The highest BCUT2D eigenvalue weighted by Crippen LogP contribution is 2.73. The summed E-state index contributed by atoms with van der Waals surface area (Å²) in [4.78, 5) is 38.8. The molecular weight excluding hydrogens is 524 g/mol. The number of rotatable bonds is 4. The predicted octanol–water partition coefficient (Wildman–Crippen LogP) is 4.52. The molecule has 10 atom stereocenters. The molecule has 228 valence electrons. The van der Waals surface area contributed by atoms with Gasteiger partial charge in [0.2, 0.25) is 0 Å². The van der Waals surface area contributed by atoms with Gasteiger partial charge in [-0.15, -0.1) is 0 Å². The van der Waals surface area contributed by atoms with Crippen molar-refractivity contribution >= 4 is 17.7 Å². The van der Waals surface area contributed by atoms with Crippen molar-refractivity contribution < 1.29 is 38.8 Å². The molecule has 2 N–H and O–H groups in total. The number of fused-ring (bicyclic) bond motifs is 5. The van der Waals surface area contributed by atoms with E-state index in [1.807, 2.05) is 13.0 Å². The molecule has 0 aromatic rings. The van der Waals surface area contributed by atoms with Crippen LogP contribution in [0.2, 0.25) is 0 Å². The lowest BCUT2D eigenvalue weighted by Gasteiger charge is -2.66. The standard InChI is InChI=1S/C33H48O8/c1-18(34)41-26-15-25-31(5,16-27(36)40-17-32(25,6)28(37)39-8)24-11-12-30(4)20(9-10-23(30)33(24,26)7)19-13-21(22(35)14-19)29(2,3)38/h10,13,19-20,24-27,36,38H,9,11-12,14-17H2,1-8H3. The van der Waals surface area contributed by atoms with Gasteiger partial charge >= 0.3 is 11.9 Å². The number of carbonyl (C=O) groups excluding carboxylic acids is 3. The molecular formula is C33H48O8. The van der Waals surface area contributed by atoms with E-state index in [0.29, 0.717) is 24.8 Å². The quantitative estimate of drug-likeness (QED) is 0.373. The van der Waals surface area contributed by atoms with Crippen molar-refractivity contribution in [3.8, 4) is 0 Å². The van der Waals surface area contributed by atoms with Crippen molar-refractivity contribution in [1.82, 2.24) is 0 Å². The van der Waals surface area contributed by atoms with Gasteiger partial charge in [-0.1, -0.05) is 38.5 Å². The van der Waals surface area contributed by atoms with Crippen LogP contribution in [-0.4, -0.2) is 59.6 Å². The van der Waals surface area contributed by atoms with Gasteiger partial charge in [0.05, 0.1) is 24.7 Å². The molecule has 0 amide bonds. The minimum absolute atomic E-state index is 0.00388. The zero-order chi connectivity index (χ0) is 30.3. The third-order valence-electron chi connectivity index (χ3n) is 12.2. The van der Waals surface area contributed by atoms with E-state index in [4.69, 9.17) is 14.2 Å². The SMILES string of the molecule is COC(=O)C1(C)COC(O)CC2(C)C1CC(OC(C)=O)C1(C)C3=CCC(C4C=C(C(C)(C)O)C(=O)C4)C3(C)CCC21. The summed E-state index contributed by atoms with van der Waals surface area (Å²) in [5, 5.41) is 21.6. The number of Topliss-reactive ketones (excluding diaryl/α,β-unsaturated/α-hetero) is 1. The molecule has 4 aliphatic carbocycles. The van der Waals surface area contributed by atoms with Crippen LogP contribution in [-0.2, 0) is 28.6 Å². The summed E-state index contributed by atoms with van der Waals surface area (Å²) < 4.78 is 17.3. The number of hydrogen-bond acceptors (Lipinski definition) is 8. The Morgan fingerprint density at radius 2 is 1.83 bits per heavy atom. The molecule has 0 radical (unpaired) electrons. The topological polar surface area (TPSA) is 119 Å². The molecule has 5 rings (SSSR count). The Hall–Kier alpha value is -2.03. The van der Waals surface area contributed by atoms with Crippen LogP contribution in [0, 0.1) is 45.3 Å². The summed E-state index contributed by atoms with van der Waals surface area (Å²) >= 11 is 0. The fraction of sp³-hybridized carbons (Fsp3) is 0.788. The summed E-state index contributed by atoms with van der Waals surface area (Å²) in [7, 11) is 1.38. The largest absolute Gasteiger partial charge is 0.469 e. The highest BCUT2D eigenvalue weighted by Gasteiger charge is 2.70. The van der Waals surface area contributed by atoms with Gasteiger partial charge < -0.3 is 24.4 Å². The van der Waals surface area contributed by atoms with Crippen LogP contribution < -0.4 is 0 Å². The Labute approximate surface area is 243 Å². The van der Waals surface area contributed by atoms with Gasteiger partial charge in [-0.25, -0.2) is 0 Å². The summed E-state index contributed by atoms with van der Waals surface area (Å²) in [6.45, 7) is 13.3. The number of methoxy groups -OCH3 is 1. The summed E-state index contributed by atoms with van der Waals surface area (Å²) in [5.41, 5.74) is -1.69. The molecule has 0 spiro atoms. The second kappa shape index (κ2) is 9.75. The van der Waals surface area contributed by atoms with Gasteiger partial charge in [-0.2, -0.15) is 0 Å². The molecule has 10 unspecified atom stereocenters. The molecule has 0 aromatic carbocycles. The van der Waals surface area contributed by atoms with Crippen LogP contribution in [0.25, 0.3) is 0 Å². The molecule has 8 nitrogen and oxygen atoms in total. The van der Waals surface area contributed by atoms with Gasteiger partial charge in [0, 0.05) is 30.8 Å². The highest BCUT2D eigenvalue weighted by atomic mass is 16.6. The third kappa shape index (κ3) is 4.37. The zero-order valence-electron chi connectivity index (χ0n) is 25.9. The smallest absolute Gasteiger partial charge is 0.314 e. The van der Waals surface area contributed by atoms with Crippen molar-refractivity contribution in [2.24, 2.45) is 45.3 Å². The predicted molar refractivity (Wildman–Crippen MR) is 151 cm³/mol. The molecule has 0 bridgehead atoms. The van der Waals surface area contributed by atoms with E-state index in [9.17, 15) is 24.6 Å². The van der Waals surface area contributed by atoms with Gasteiger partial charge in [-0.3, -0.25) is 14.4 Å². The number of aliphatic hydroxyl groups excluding tert-OH is 1. The zero-order valence-corrected chi connectivity index (χ0v) is 25.9. The lowest BCUT2D eigenvalue weighted by molar-refractivity contribution is -0.203. The van der Waals surface area contributed by atoms with Crippen molar-refractivity contribution in [2.45, 2.75) is 105 Å². The van der Waals surface area contributed by atoms with Crippen LogP contribution in [0.15, 0.2) is 23.3 Å². The van der Waals surface area contributed by atoms with Gasteiger partial charge in [0.25, 0.3) is 0 Å². The van der Waals surface area contributed by atoms with E-state index in [1.165, 1.54) is 19.6 Å². The fourth-order valence-electron chi connectivity index (χ4n) is 10.4. The Balaban J connectivity index is 1.59. The molecule has 1 saturated heterocycles. The van der Waals surface area contributed by atoms with E-state index in [-0.39, 0.29) is 53.4 Å². The highest BCUT2D eigenvalue weighted by molar-refractivity contribution is 5.99. The lowest BCUT2D eigenvalue weighted by atomic mass is 9.39. The average molecular weight is 573 g/mol. The first-order chi connectivity index (χ1) is 18.9. The van der Waals surface area contributed by atoms with E-state index >= 15 is 0 Å². The first kappa shape index (κ1) is 30.4. The second-order valence-electron chi connectivity index (χ2n) is 15.0. The molecule has 1 aliphatic heterocycles. The number of allylic oxidation sites excluding steroid dienone is 2. The van der Waals surface area contributed by atoms with Crippen molar-refractivity contribution in [3.05, 3.63) is 23.3 Å². The molecule has 8 heteroatoms. The van der Waals surface area contributed by atoms with Crippen LogP contribution in [0.3, 0.4) is 0 Å². The Morgan fingerprint density at radius 3 is 2.41 bits per heavy atom. The average Bonchev–Trinajstić information content (AvgIpc) is 3.40. The van der Waals surface area contributed by atoms with Crippen molar-refractivity contribution in [1.29, 1.82) is 0 Å². The minimum atomic E-state index is -1.17. The summed E-state index contributed by atoms with van der Waals surface area (Å²) in [6, 6.07) is 0. The maximum Gasteiger partial charge on any atom is 0.314 e. The number of hydrogen-bond donors (Lipinski definition) is 2. The van der Waals surface area contributed by atoms with Crippen LogP contribution in [0.1, 0.15) is 87.0 Å². The molecule has 5 aliphatic rings. The normalized spacial score (nSPS) is 46.0. The summed E-state index contributed by atoms with van der Waals surface area (Å²) in [5.74, 6) is -0.750. The van der Waals surface area contributed by atoms with E-state index in [0.717, 1.165) is 19.3 Å². The van der Waals surface area contributed by atoms with Gasteiger partial charge in [0.1, 0.15) is 6.10 Å². The number of ketones is 1. The molecule has 3 fully saturated rings. The first-order valence-corrected chi connectivity index (χ1v) is 15.2. The van der Waals surface area contributed by atoms with E-state index < -0.39 is 34.2 Å². The third-order valence-corrected chi connectivity index (χ3v) is 12.2. The van der Waals surface area contributed by atoms with Crippen molar-refractivity contribution in [3.63, 3.8) is 0 Å². The minimum Gasteiger partial charge on any atom is -0.469 e. The Kier molecular flexibility index (Phi) is 7.23. The van der Waals surface area contributed by atoms with Gasteiger partial charge in [0.15, 0.2) is 12.1 Å².